The topological polar surface area (TPSA) is 55.9 Å². The van der Waals surface area contributed by atoms with Crippen LogP contribution in [0, 0.1) is 0 Å². The number of rotatable bonds is 6. The van der Waals surface area contributed by atoms with E-state index in [0.29, 0.717) is 6.04 Å². The first kappa shape index (κ1) is 11.6. The molecule has 1 heterocycles. The van der Waals surface area contributed by atoms with E-state index in [4.69, 9.17) is 5.84 Å². The maximum atomic E-state index is 5.45. The fraction of sp³-hybridized carbons (Fsp3) is 0.667. The molecule has 4 nitrogen and oxygen atoms in total. The fourth-order valence-corrected chi connectivity index (χ4v) is 2.05. The van der Waals surface area contributed by atoms with E-state index in [1.807, 2.05) is 35.8 Å². The molecule has 3 N–H and O–H groups in total. The summed E-state index contributed by atoms with van der Waals surface area (Å²) in [4.78, 5) is 0. The minimum Gasteiger partial charge on any atom is -0.273 e. The first-order valence-corrected chi connectivity index (χ1v) is 6.09. The zero-order chi connectivity index (χ0) is 10.4. The minimum atomic E-state index is 0.389. The van der Waals surface area contributed by atoms with E-state index >= 15 is 0 Å². The third kappa shape index (κ3) is 3.32. The molecule has 0 aliphatic rings. The lowest BCUT2D eigenvalue weighted by Gasteiger charge is -2.13. The Balaban J connectivity index is 2.35. The lowest BCUT2D eigenvalue weighted by molar-refractivity contribution is 0.528. The van der Waals surface area contributed by atoms with Crippen molar-refractivity contribution in [1.82, 2.24) is 15.2 Å². The molecule has 1 unspecified atom stereocenters. The van der Waals surface area contributed by atoms with Gasteiger partial charge >= 0.3 is 0 Å². The highest BCUT2D eigenvalue weighted by atomic mass is 32.2. The number of thioether (sulfide) groups is 1. The van der Waals surface area contributed by atoms with Crippen LogP contribution in [0.15, 0.2) is 12.3 Å². The Morgan fingerprint density at radius 1 is 1.71 bits per heavy atom. The van der Waals surface area contributed by atoms with Crippen LogP contribution in [0.4, 0.5) is 0 Å². The van der Waals surface area contributed by atoms with Crippen LogP contribution < -0.4 is 11.3 Å². The summed E-state index contributed by atoms with van der Waals surface area (Å²) >= 11 is 1.81. The van der Waals surface area contributed by atoms with E-state index in [1.165, 1.54) is 5.69 Å². The number of aromatic nitrogens is 2. The molecular formula is C9H18N4S. The average molecular weight is 214 g/mol. The van der Waals surface area contributed by atoms with E-state index in [2.05, 4.69) is 16.8 Å². The molecule has 0 fully saturated rings. The summed E-state index contributed by atoms with van der Waals surface area (Å²) in [5.74, 6) is 6.50. The molecular weight excluding hydrogens is 196 g/mol. The SMILES string of the molecule is CSCC(CCc1ccnn1C)NN. The molecule has 1 aromatic heterocycles. The highest BCUT2D eigenvalue weighted by Gasteiger charge is 2.07. The number of aryl methyl sites for hydroxylation is 2. The number of nitrogens with zero attached hydrogens (tertiary/aromatic N) is 2. The molecule has 1 rings (SSSR count). The summed E-state index contributed by atoms with van der Waals surface area (Å²) in [6, 6.07) is 2.44. The van der Waals surface area contributed by atoms with Crippen molar-refractivity contribution in [2.24, 2.45) is 12.9 Å². The fourth-order valence-electron chi connectivity index (χ4n) is 1.38. The van der Waals surface area contributed by atoms with Crippen molar-refractivity contribution in [1.29, 1.82) is 0 Å². The van der Waals surface area contributed by atoms with Crippen molar-refractivity contribution in [2.45, 2.75) is 18.9 Å². The van der Waals surface area contributed by atoms with Crippen LogP contribution in [0.3, 0.4) is 0 Å². The van der Waals surface area contributed by atoms with Crippen molar-refractivity contribution >= 4 is 11.8 Å². The highest BCUT2D eigenvalue weighted by molar-refractivity contribution is 7.98. The second-order valence-corrected chi connectivity index (χ2v) is 4.21. The summed E-state index contributed by atoms with van der Waals surface area (Å²) in [6.45, 7) is 0. The zero-order valence-corrected chi connectivity index (χ0v) is 9.55. The van der Waals surface area contributed by atoms with E-state index in [9.17, 15) is 0 Å². The van der Waals surface area contributed by atoms with Gasteiger partial charge in [-0.05, 0) is 25.2 Å². The van der Waals surface area contributed by atoms with Crippen molar-refractivity contribution in [2.75, 3.05) is 12.0 Å². The maximum absolute atomic E-state index is 5.45. The third-order valence-electron chi connectivity index (χ3n) is 2.27. The first-order valence-electron chi connectivity index (χ1n) is 4.70. The number of hydrogen-bond donors (Lipinski definition) is 2. The highest BCUT2D eigenvalue weighted by Crippen LogP contribution is 2.06. The summed E-state index contributed by atoms with van der Waals surface area (Å²) in [5, 5.41) is 4.13. The molecule has 0 saturated carbocycles. The summed E-state index contributed by atoms with van der Waals surface area (Å²) in [7, 11) is 1.97. The Hall–Kier alpha value is -0.520. The molecule has 0 saturated heterocycles. The first-order chi connectivity index (χ1) is 6.77. The molecule has 0 aliphatic heterocycles. The number of hydrazine groups is 1. The van der Waals surface area contributed by atoms with E-state index < -0.39 is 0 Å². The predicted molar refractivity (Wildman–Crippen MR) is 61.0 cm³/mol. The summed E-state index contributed by atoms with van der Waals surface area (Å²) in [5.41, 5.74) is 4.09. The van der Waals surface area contributed by atoms with Gasteiger partial charge in [0, 0.05) is 30.7 Å². The maximum Gasteiger partial charge on any atom is 0.0492 e. The molecule has 0 amide bonds. The normalized spacial score (nSPS) is 13.1. The smallest absolute Gasteiger partial charge is 0.0492 e. The second kappa shape index (κ2) is 6.06. The predicted octanol–water partition coefficient (Wildman–Crippen LogP) is 0.548. The van der Waals surface area contributed by atoms with E-state index in [-0.39, 0.29) is 0 Å². The van der Waals surface area contributed by atoms with Gasteiger partial charge in [-0.3, -0.25) is 16.0 Å². The Kier molecular flexibility index (Phi) is 5.00. The van der Waals surface area contributed by atoms with Crippen molar-refractivity contribution in [3.8, 4) is 0 Å². The molecule has 0 radical (unpaired) electrons. The molecule has 0 spiro atoms. The van der Waals surface area contributed by atoms with E-state index in [0.717, 1.165) is 18.6 Å². The van der Waals surface area contributed by atoms with E-state index in [1.54, 1.807) is 0 Å². The zero-order valence-electron chi connectivity index (χ0n) is 8.73. The van der Waals surface area contributed by atoms with Crippen LogP contribution in [-0.4, -0.2) is 27.8 Å². The van der Waals surface area contributed by atoms with Crippen LogP contribution in [0.5, 0.6) is 0 Å². The summed E-state index contributed by atoms with van der Waals surface area (Å²) in [6.07, 6.45) is 5.99. The quantitative estimate of drug-likeness (QED) is 0.536. The number of hydrogen-bond acceptors (Lipinski definition) is 4. The van der Waals surface area contributed by atoms with Gasteiger partial charge in [0.15, 0.2) is 0 Å². The Morgan fingerprint density at radius 2 is 2.50 bits per heavy atom. The lowest BCUT2D eigenvalue weighted by atomic mass is 10.1. The lowest BCUT2D eigenvalue weighted by Crippen LogP contribution is -2.37. The molecule has 5 heteroatoms. The monoisotopic (exact) mass is 214 g/mol. The molecule has 80 valence electrons. The minimum absolute atomic E-state index is 0.389. The third-order valence-corrected chi connectivity index (χ3v) is 3.01. The molecule has 14 heavy (non-hydrogen) atoms. The molecule has 1 atom stereocenters. The van der Waals surface area contributed by atoms with Crippen LogP contribution in [0.25, 0.3) is 0 Å². The van der Waals surface area contributed by atoms with Gasteiger partial charge in [-0.25, -0.2) is 0 Å². The van der Waals surface area contributed by atoms with Gasteiger partial charge in [0.05, 0.1) is 0 Å². The van der Waals surface area contributed by atoms with Crippen molar-refractivity contribution < 1.29 is 0 Å². The van der Waals surface area contributed by atoms with Gasteiger partial charge in [0.2, 0.25) is 0 Å². The van der Waals surface area contributed by atoms with Crippen LogP contribution in [-0.2, 0) is 13.5 Å². The van der Waals surface area contributed by atoms with Crippen LogP contribution in [0.2, 0.25) is 0 Å². The van der Waals surface area contributed by atoms with Crippen molar-refractivity contribution in [3.05, 3.63) is 18.0 Å². The Bertz CT molecular complexity index is 261. The number of nitrogens with one attached hydrogen (secondary N) is 1. The van der Waals surface area contributed by atoms with Crippen LogP contribution >= 0.6 is 11.8 Å². The van der Waals surface area contributed by atoms with Gasteiger partial charge in [0.1, 0.15) is 0 Å². The summed E-state index contributed by atoms with van der Waals surface area (Å²) < 4.78 is 1.91. The largest absolute Gasteiger partial charge is 0.273 e. The molecule has 0 bridgehead atoms. The van der Waals surface area contributed by atoms with Crippen molar-refractivity contribution in [3.63, 3.8) is 0 Å². The van der Waals surface area contributed by atoms with Gasteiger partial charge in [-0.2, -0.15) is 16.9 Å². The molecule has 1 aromatic rings. The average Bonchev–Trinajstić information content (AvgIpc) is 2.59. The van der Waals surface area contributed by atoms with Gasteiger partial charge in [-0.15, -0.1) is 0 Å². The van der Waals surface area contributed by atoms with Gasteiger partial charge in [-0.1, -0.05) is 0 Å². The standard InChI is InChI=1S/C9H18N4S/c1-13-9(5-6-11-13)4-3-8(12-10)7-14-2/h5-6,8,12H,3-4,7,10H2,1-2H3. The second-order valence-electron chi connectivity index (χ2n) is 3.30. The Morgan fingerprint density at radius 3 is 3.00 bits per heavy atom. The van der Waals surface area contributed by atoms with Gasteiger partial charge in [0.25, 0.3) is 0 Å². The van der Waals surface area contributed by atoms with Crippen LogP contribution in [0.1, 0.15) is 12.1 Å². The molecule has 0 aliphatic carbocycles. The van der Waals surface area contributed by atoms with Gasteiger partial charge < -0.3 is 0 Å². The Labute approximate surface area is 89.2 Å². The molecule has 0 aromatic carbocycles. The number of nitrogens with two attached hydrogens (primary N) is 1.